The van der Waals surface area contributed by atoms with Crippen LogP contribution in [-0.4, -0.2) is 11.2 Å². The number of rotatable bonds is 0. The van der Waals surface area contributed by atoms with Crippen molar-refractivity contribution in [3.05, 3.63) is 0 Å². The maximum Gasteiger partial charge on any atom is 0.114 e. The van der Waals surface area contributed by atoms with Crippen LogP contribution in [0.5, 0.6) is 0 Å². The molecule has 1 aliphatic carbocycles. The summed E-state index contributed by atoms with van der Waals surface area (Å²) in [4.78, 5) is 0. The van der Waals surface area contributed by atoms with Crippen LogP contribution in [0, 0.1) is 11.8 Å². The van der Waals surface area contributed by atoms with Crippen LogP contribution in [0.4, 0.5) is 0 Å². The highest BCUT2D eigenvalue weighted by atomic mass is 16.3. The largest absolute Gasteiger partial charge is 0.380 e. The zero-order valence-corrected chi connectivity index (χ0v) is 6.97. The molecular formula is C10H16O. The number of hydrogen-bond donors (Lipinski definition) is 1. The third-order valence-electron chi connectivity index (χ3n) is 2.05. The van der Waals surface area contributed by atoms with Gasteiger partial charge in [-0.15, -0.1) is 5.92 Å². The lowest BCUT2D eigenvalue weighted by Gasteiger charge is -2.04. The molecule has 11 heavy (non-hydrogen) atoms. The molecule has 1 atom stereocenters. The predicted octanol–water partition coefficient (Wildman–Crippen LogP) is 2.09. The van der Waals surface area contributed by atoms with Gasteiger partial charge in [0.1, 0.15) is 6.10 Å². The zero-order chi connectivity index (χ0) is 7.94. The number of aliphatic hydroxyl groups is 1. The van der Waals surface area contributed by atoms with Crippen molar-refractivity contribution >= 4 is 0 Å². The van der Waals surface area contributed by atoms with Gasteiger partial charge in [-0.2, -0.15) is 0 Å². The van der Waals surface area contributed by atoms with Crippen molar-refractivity contribution in [2.24, 2.45) is 0 Å². The van der Waals surface area contributed by atoms with E-state index in [9.17, 15) is 5.11 Å². The monoisotopic (exact) mass is 152 g/mol. The first kappa shape index (κ1) is 8.62. The van der Waals surface area contributed by atoms with E-state index in [0.29, 0.717) is 0 Å². The lowest BCUT2D eigenvalue weighted by atomic mass is 10.1. The van der Waals surface area contributed by atoms with E-state index in [1.807, 2.05) is 0 Å². The summed E-state index contributed by atoms with van der Waals surface area (Å²) in [5.41, 5.74) is 0. The smallest absolute Gasteiger partial charge is 0.114 e. The van der Waals surface area contributed by atoms with E-state index >= 15 is 0 Å². The summed E-state index contributed by atoms with van der Waals surface area (Å²) in [6.07, 6.45) is 7.71. The molecule has 0 saturated carbocycles. The minimum absolute atomic E-state index is 0.354. The molecule has 1 unspecified atom stereocenters. The summed E-state index contributed by atoms with van der Waals surface area (Å²) in [6.45, 7) is 0. The van der Waals surface area contributed by atoms with Crippen molar-refractivity contribution in [1.82, 2.24) is 0 Å². The Bertz CT molecular complexity index is 152. The SMILES string of the molecule is OC1C#CCCCCCCC1. The Morgan fingerprint density at radius 2 is 1.73 bits per heavy atom. The van der Waals surface area contributed by atoms with Crippen molar-refractivity contribution in [2.75, 3.05) is 0 Å². The molecule has 0 fully saturated rings. The molecule has 0 spiro atoms. The topological polar surface area (TPSA) is 20.2 Å². The fraction of sp³-hybridized carbons (Fsp3) is 0.800. The van der Waals surface area contributed by atoms with E-state index in [-0.39, 0.29) is 6.10 Å². The van der Waals surface area contributed by atoms with Gasteiger partial charge in [0, 0.05) is 6.42 Å². The molecule has 1 nitrogen and oxygen atoms in total. The van der Waals surface area contributed by atoms with E-state index in [4.69, 9.17) is 0 Å². The van der Waals surface area contributed by atoms with E-state index in [1.165, 1.54) is 25.7 Å². The maximum atomic E-state index is 9.26. The minimum atomic E-state index is -0.354. The van der Waals surface area contributed by atoms with Crippen molar-refractivity contribution in [3.63, 3.8) is 0 Å². The molecule has 0 aromatic rings. The van der Waals surface area contributed by atoms with Crippen molar-refractivity contribution < 1.29 is 5.11 Å². The first-order chi connectivity index (χ1) is 5.39. The van der Waals surface area contributed by atoms with Gasteiger partial charge in [0.2, 0.25) is 0 Å². The average Bonchev–Trinajstić information content (AvgIpc) is 2.03. The van der Waals surface area contributed by atoms with Gasteiger partial charge < -0.3 is 5.11 Å². The standard InChI is InChI=1S/C10H16O/c11-10-8-6-4-2-1-3-5-7-9-10/h10-11H,1-6,8H2. The third kappa shape index (κ3) is 4.06. The van der Waals surface area contributed by atoms with Gasteiger partial charge in [-0.05, 0) is 19.3 Å². The van der Waals surface area contributed by atoms with E-state index < -0.39 is 0 Å². The Morgan fingerprint density at radius 1 is 1.00 bits per heavy atom. The van der Waals surface area contributed by atoms with E-state index in [0.717, 1.165) is 19.3 Å². The summed E-state index contributed by atoms with van der Waals surface area (Å²) in [5, 5.41) is 9.26. The molecule has 1 rings (SSSR count). The van der Waals surface area contributed by atoms with Gasteiger partial charge >= 0.3 is 0 Å². The van der Waals surface area contributed by atoms with Crippen molar-refractivity contribution in [3.8, 4) is 11.8 Å². The molecule has 1 N–H and O–H groups in total. The molecule has 0 aromatic carbocycles. The average molecular weight is 152 g/mol. The Balaban J connectivity index is 2.31. The minimum Gasteiger partial charge on any atom is -0.380 e. The third-order valence-corrected chi connectivity index (χ3v) is 2.05. The molecule has 0 saturated heterocycles. The molecule has 0 radical (unpaired) electrons. The fourth-order valence-electron chi connectivity index (χ4n) is 1.34. The molecule has 62 valence electrons. The van der Waals surface area contributed by atoms with Crippen molar-refractivity contribution in [2.45, 2.75) is 51.0 Å². The number of aliphatic hydroxyl groups excluding tert-OH is 1. The van der Waals surface area contributed by atoms with Crippen LogP contribution in [0.1, 0.15) is 44.9 Å². The first-order valence-corrected chi connectivity index (χ1v) is 4.56. The highest BCUT2D eigenvalue weighted by Crippen LogP contribution is 2.09. The van der Waals surface area contributed by atoms with Crippen LogP contribution in [0.2, 0.25) is 0 Å². The van der Waals surface area contributed by atoms with Crippen LogP contribution in [0.15, 0.2) is 0 Å². The van der Waals surface area contributed by atoms with Gasteiger partial charge in [0.05, 0.1) is 0 Å². The first-order valence-electron chi connectivity index (χ1n) is 4.56. The van der Waals surface area contributed by atoms with Gasteiger partial charge in [-0.3, -0.25) is 0 Å². The summed E-state index contributed by atoms with van der Waals surface area (Å²) in [7, 11) is 0. The second-order valence-electron chi connectivity index (χ2n) is 3.14. The highest BCUT2D eigenvalue weighted by molar-refractivity contribution is 5.04. The molecule has 1 aliphatic rings. The summed E-state index contributed by atoms with van der Waals surface area (Å²) >= 11 is 0. The maximum absolute atomic E-state index is 9.26. The fourth-order valence-corrected chi connectivity index (χ4v) is 1.34. The normalized spacial score (nSPS) is 26.8. The van der Waals surface area contributed by atoms with Crippen LogP contribution in [-0.2, 0) is 0 Å². The quantitative estimate of drug-likeness (QED) is 0.527. The van der Waals surface area contributed by atoms with E-state index in [2.05, 4.69) is 11.8 Å². The summed E-state index contributed by atoms with van der Waals surface area (Å²) < 4.78 is 0. The Kier molecular flexibility index (Phi) is 4.08. The lowest BCUT2D eigenvalue weighted by molar-refractivity contribution is 0.216. The van der Waals surface area contributed by atoms with Crippen LogP contribution in [0.3, 0.4) is 0 Å². The molecule has 1 heteroatoms. The van der Waals surface area contributed by atoms with Crippen LogP contribution in [0.25, 0.3) is 0 Å². The molecular weight excluding hydrogens is 136 g/mol. The van der Waals surface area contributed by atoms with Gasteiger partial charge in [0.25, 0.3) is 0 Å². The Morgan fingerprint density at radius 3 is 2.64 bits per heavy atom. The molecule has 0 bridgehead atoms. The van der Waals surface area contributed by atoms with Gasteiger partial charge in [0.15, 0.2) is 0 Å². The molecule has 0 heterocycles. The van der Waals surface area contributed by atoms with Crippen LogP contribution < -0.4 is 0 Å². The van der Waals surface area contributed by atoms with Crippen molar-refractivity contribution in [1.29, 1.82) is 0 Å². The van der Waals surface area contributed by atoms with Gasteiger partial charge in [-0.1, -0.05) is 25.2 Å². The molecule has 0 amide bonds. The van der Waals surface area contributed by atoms with Gasteiger partial charge in [-0.25, -0.2) is 0 Å². The highest BCUT2D eigenvalue weighted by Gasteiger charge is 1.99. The summed E-state index contributed by atoms with van der Waals surface area (Å²) in [5.74, 6) is 5.86. The summed E-state index contributed by atoms with van der Waals surface area (Å²) in [6, 6.07) is 0. The second-order valence-corrected chi connectivity index (χ2v) is 3.14. The lowest BCUT2D eigenvalue weighted by Crippen LogP contribution is -2.02. The second kappa shape index (κ2) is 5.21. The molecule has 0 aromatic heterocycles. The Labute approximate surface area is 68.8 Å². The number of hydrogen-bond acceptors (Lipinski definition) is 1. The van der Waals surface area contributed by atoms with Crippen LogP contribution >= 0.6 is 0 Å². The zero-order valence-electron chi connectivity index (χ0n) is 6.97. The predicted molar refractivity (Wildman–Crippen MR) is 46.1 cm³/mol. The van der Waals surface area contributed by atoms with E-state index in [1.54, 1.807) is 0 Å². The molecule has 0 aliphatic heterocycles. The Hall–Kier alpha value is -0.480.